The summed E-state index contributed by atoms with van der Waals surface area (Å²) in [5.41, 5.74) is -24.8. The molecule has 0 aliphatic carbocycles. The van der Waals surface area contributed by atoms with Gasteiger partial charge in [-0.2, -0.15) is 52.7 Å². The summed E-state index contributed by atoms with van der Waals surface area (Å²) in [6, 6.07) is 0. The number of nitrogens with zero attached hydrogens (tertiary/aromatic N) is 2. The topological polar surface area (TPSA) is 322 Å². The Morgan fingerprint density at radius 1 is 0.333 bits per heavy atom. The van der Waals surface area contributed by atoms with Crippen molar-refractivity contribution in [3.63, 3.8) is 0 Å². The van der Waals surface area contributed by atoms with Crippen LogP contribution in [0.3, 0.4) is 0 Å². The Hall–Kier alpha value is -0.801. The Kier molecular flexibility index (Phi) is 24.1. The number of sulfonamides is 4. The maximum Gasteiger partial charge on any atom is 2.00 e. The van der Waals surface area contributed by atoms with Crippen molar-refractivity contribution in [3.05, 3.63) is 8.25 Å². The summed E-state index contributed by atoms with van der Waals surface area (Å²) in [5, 5.41) is 0. The van der Waals surface area contributed by atoms with E-state index in [1.807, 2.05) is 0 Å². The van der Waals surface area contributed by atoms with E-state index in [1.54, 1.807) is 0 Å². The molecule has 0 radical (unpaired) electrons. The molecule has 0 aromatic heterocycles. The SMILES string of the molecule is O.O.O.O.O.O=S(=O)([N-]S(=O)(=O)C(F)(F)F)C(F)(F)F.O=S(=O)([N-]S(=O)(=O)C(F)(F)F)C(F)(F)F.[Fe+2]. The second-order valence-corrected chi connectivity index (χ2v) is 10.7. The minimum atomic E-state index is -6.72. The van der Waals surface area contributed by atoms with Crippen LogP contribution < -0.4 is 0 Å². The second-order valence-electron chi connectivity index (χ2n) is 3.83. The zero-order valence-electron chi connectivity index (χ0n) is 15.2. The number of halogens is 12. The van der Waals surface area contributed by atoms with Crippen molar-refractivity contribution in [3.8, 4) is 0 Å². The molecule has 0 aromatic carbocycles. The first-order valence-corrected chi connectivity index (χ1v) is 10.9. The molecule has 0 saturated heterocycles. The molecule has 0 heterocycles. The predicted octanol–water partition coefficient (Wildman–Crippen LogP) is -2.01. The van der Waals surface area contributed by atoms with Crippen molar-refractivity contribution >= 4 is 40.1 Å². The van der Waals surface area contributed by atoms with Crippen LogP contribution in [0, 0.1) is 0 Å². The van der Waals surface area contributed by atoms with Crippen LogP contribution >= 0.6 is 0 Å². The Morgan fingerprint density at radius 2 is 0.417 bits per heavy atom. The third-order valence-electron chi connectivity index (χ3n) is 1.56. The zero-order valence-corrected chi connectivity index (χ0v) is 19.6. The molecule has 0 aliphatic rings. The number of hydrogen-bond donors (Lipinski definition) is 0. The molecule has 0 aliphatic heterocycles. The van der Waals surface area contributed by atoms with Crippen LogP contribution in [-0.4, -0.2) is 83.1 Å². The summed E-state index contributed by atoms with van der Waals surface area (Å²) in [4.78, 5) is 0. The smallest absolute Gasteiger partial charge is 0.421 e. The van der Waals surface area contributed by atoms with Gasteiger partial charge >= 0.3 is 39.1 Å². The van der Waals surface area contributed by atoms with Gasteiger partial charge in [-0.1, -0.05) is 0 Å². The standard InChI is InChI=1S/2C2F6NO4S2.Fe.5H2O/c2*3-1(4,5)14(10,11)9-15(12,13)2(6,7)8;;;;;;/h;;;5*1H2/q2*-1;+2;;;;;. The Morgan fingerprint density at radius 3 is 0.472 bits per heavy atom. The molecule has 15 nitrogen and oxygen atoms in total. The normalized spacial score (nSPS) is 12.8. The van der Waals surface area contributed by atoms with Crippen LogP contribution in [0.25, 0.3) is 8.25 Å². The van der Waals surface area contributed by atoms with Gasteiger partial charge < -0.3 is 35.6 Å². The molecule has 32 heteroatoms. The average molecular weight is 706 g/mol. The van der Waals surface area contributed by atoms with E-state index in [9.17, 15) is 86.4 Å². The summed E-state index contributed by atoms with van der Waals surface area (Å²) in [5.74, 6) is 0. The van der Waals surface area contributed by atoms with E-state index in [0.29, 0.717) is 0 Å². The molecule has 0 rings (SSSR count). The summed E-state index contributed by atoms with van der Waals surface area (Å²) in [7, 11) is -26.9. The van der Waals surface area contributed by atoms with E-state index in [4.69, 9.17) is 0 Å². The quantitative estimate of drug-likeness (QED) is 0.232. The van der Waals surface area contributed by atoms with Gasteiger partial charge in [-0.15, -0.1) is 0 Å². The summed E-state index contributed by atoms with van der Waals surface area (Å²) in [6.07, 6.45) is 0. The molecular weight excluding hydrogens is 696 g/mol. The second kappa shape index (κ2) is 15.6. The first-order chi connectivity index (χ1) is 12.4. The van der Waals surface area contributed by atoms with Gasteiger partial charge in [0.05, 0.1) is 0 Å². The monoisotopic (exact) mass is 706 g/mol. The van der Waals surface area contributed by atoms with Crippen LogP contribution in [-0.2, 0) is 57.2 Å². The van der Waals surface area contributed by atoms with Crippen LogP contribution in [0.15, 0.2) is 0 Å². The van der Waals surface area contributed by atoms with E-state index in [0.717, 1.165) is 8.25 Å². The molecule has 0 fully saturated rings. The van der Waals surface area contributed by atoms with E-state index < -0.39 is 62.1 Å². The molecule has 0 spiro atoms. The van der Waals surface area contributed by atoms with Gasteiger partial charge in [-0.05, 0) is 0 Å². The van der Waals surface area contributed by atoms with Crippen LogP contribution in [0.1, 0.15) is 0 Å². The summed E-state index contributed by atoms with van der Waals surface area (Å²) >= 11 is 0. The number of hydrogen-bond acceptors (Lipinski definition) is 8. The molecule has 0 bridgehead atoms. The molecule has 0 atom stereocenters. The van der Waals surface area contributed by atoms with E-state index in [2.05, 4.69) is 0 Å². The fourth-order valence-corrected chi connectivity index (χ4v) is 3.85. The first kappa shape index (κ1) is 55.6. The van der Waals surface area contributed by atoms with Crippen molar-refractivity contribution in [2.24, 2.45) is 0 Å². The number of rotatable bonds is 4. The predicted molar refractivity (Wildman–Crippen MR) is 84.7 cm³/mol. The molecule has 0 saturated carbocycles. The van der Waals surface area contributed by atoms with Crippen LogP contribution in [0.2, 0.25) is 0 Å². The molecule has 36 heavy (non-hydrogen) atoms. The molecule has 10 N–H and O–H groups in total. The van der Waals surface area contributed by atoms with Crippen molar-refractivity contribution < 1.29 is 131 Å². The van der Waals surface area contributed by atoms with Crippen LogP contribution in [0.4, 0.5) is 52.7 Å². The number of alkyl halides is 12. The molecule has 0 amide bonds. The minimum absolute atomic E-state index is 0. The fourth-order valence-electron chi connectivity index (χ4n) is 0.427. The Bertz CT molecular complexity index is 870. The molecule has 0 aromatic rings. The minimum Gasteiger partial charge on any atom is -0.421 e. The molecule has 0 unspecified atom stereocenters. The van der Waals surface area contributed by atoms with Crippen molar-refractivity contribution in [1.82, 2.24) is 0 Å². The molecule has 230 valence electrons. The van der Waals surface area contributed by atoms with Crippen molar-refractivity contribution in [2.45, 2.75) is 22.0 Å². The van der Waals surface area contributed by atoms with Gasteiger partial charge in [0.1, 0.15) is 0 Å². The van der Waals surface area contributed by atoms with Crippen molar-refractivity contribution in [2.75, 3.05) is 0 Å². The largest absolute Gasteiger partial charge is 2.00 e. The van der Waals surface area contributed by atoms with Gasteiger partial charge in [0.15, 0.2) is 40.1 Å². The van der Waals surface area contributed by atoms with E-state index in [-0.39, 0.29) is 44.4 Å². The van der Waals surface area contributed by atoms with Gasteiger partial charge in [-0.3, -0.25) is 0 Å². The van der Waals surface area contributed by atoms with E-state index in [1.165, 1.54) is 0 Å². The Labute approximate surface area is 201 Å². The van der Waals surface area contributed by atoms with Gasteiger partial charge in [0.2, 0.25) is 0 Å². The van der Waals surface area contributed by atoms with Gasteiger partial charge in [0, 0.05) is 0 Å². The zero-order chi connectivity index (χ0) is 25.4. The maximum absolute atomic E-state index is 11.4. The van der Waals surface area contributed by atoms with E-state index >= 15 is 0 Å². The van der Waals surface area contributed by atoms with Crippen LogP contribution in [0.5, 0.6) is 0 Å². The fraction of sp³-hybridized carbons (Fsp3) is 1.00. The van der Waals surface area contributed by atoms with Gasteiger partial charge in [0.25, 0.3) is 0 Å². The summed E-state index contributed by atoms with van der Waals surface area (Å²) in [6.45, 7) is 0. The molecular formula is C4H10F12FeN2O13S4. The average Bonchev–Trinajstić information content (AvgIpc) is 2.30. The van der Waals surface area contributed by atoms with Gasteiger partial charge in [-0.25, -0.2) is 33.7 Å². The first-order valence-electron chi connectivity index (χ1n) is 5.15. The summed E-state index contributed by atoms with van der Waals surface area (Å²) < 4.78 is 218. The third-order valence-corrected chi connectivity index (χ3v) is 7.04. The third kappa shape index (κ3) is 15.5. The maximum atomic E-state index is 11.4. The Balaban J connectivity index is -0.0000000622. The van der Waals surface area contributed by atoms with Crippen molar-refractivity contribution in [1.29, 1.82) is 0 Å².